The van der Waals surface area contributed by atoms with Crippen LogP contribution in [0, 0.1) is 19.8 Å². The number of imidazole rings is 1. The van der Waals surface area contributed by atoms with Crippen molar-refractivity contribution >= 4 is 42.2 Å². The molecule has 1 aliphatic carbocycles. The molecule has 0 spiro atoms. The Kier molecular flexibility index (Phi) is 6.26. The van der Waals surface area contributed by atoms with Gasteiger partial charge in [-0.05, 0) is 6.07 Å². The van der Waals surface area contributed by atoms with E-state index < -0.39 is 9.84 Å². The first-order valence-electron chi connectivity index (χ1n) is 10.4. The topological polar surface area (TPSA) is 90.6 Å². The van der Waals surface area contributed by atoms with Gasteiger partial charge in [0.15, 0.2) is 0 Å². The minimum atomic E-state index is -3.41. The Balaban J connectivity index is 1.45. The van der Waals surface area contributed by atoms with Crippen molar-refractivity contribution in [3.8, 4) is 0 Å². The molecule has 3 aromatic rings. The van der Waals surface area contributed by atoms with Crippen LogP contribution in [0.15, 0.2) is 23.6 Å². The number of aryl methyl sites for hydroxylation is 3. The summed E-state index contributed by atoms with van der Waals surface area (Å²) in [5.41, 5.74) is 4.38. The molecule has 0 aromatic carbocycles. The monoisotopic (exact) mass is 487 g/mol. The second-order valence-corrected chi connectivity index (χ2v) is 11.0. The van der Waals surface area contributed by atoms with Crippen molar-refractivity contribution in [2.24, 2.45) is 5.92 Å². The molecule has 0 saturated heterocycles. The van der Waals surface area contributed by atoms with Crippen molar-refractivity contribution in [3.05, 3.63) is 35.5 Å². The number of unbranched alkanes of at least 4 members (excludes halogenated alkanes) is 2. The van der Waals surface area contributed by atoms with Crippen LogP contribution in [0.5, 0.6) is 0 Å². The number of rotatable bonds is 9. The van der Waals surface area contributed by atoms with Crippen molar-refractivity contribution in [1.82, 2.24) is 24.5 Å². The van der Waals surface area contributed by atoms with E-state index in [-0.39, 0.29) is 10.9 Å². The molecule has 1 aliphatic rings. The molecular formula is C21H26AsN5O2S. The fourth-order valence-electron chi connectivity index (χ4n) is 3.76. The average molecular weight is 487 g/mol. The van der Waals surface area contributed by atoms with Gasteiger partial charge < -0.3 is 0 Å². The molecule has 2 radical (unpaired) electrons. The second kappa shape index (κ2) is 8.75. The maximum absolute atomic E-state index is 12.4. The first-order chi connectivity index (χ1) is 14.4. The van der Waals surface area contributed by atoms with Gasteiger partial charge in [-0.1, -0.05) is 0 Å². The number of sulfone groups is 1. The van der Waals surface area contributed by atoms with E-state index in [0.717, 1.165) is 53.2 Å². The number of hydrogen-bond acceptors (Lipinski definition) is 6. The molecule has 3 aromatic heterocycles. The van der Waals surface area contributed by atoms with E-state index in [1.165, 1.54) is 36.3 Å². The number of fused-ring (bicyclic) bond motifs is 1. The van der Waals surface area contributed by atoms with Gasteiger partial charge in [-0.25, -0.2) is 0 Å². The Hall–Kier alpha value is -1.79. The Morgan fingerprint density at radius 1 is 1.10 bits per heavy atom. The summed E-state index contributed by atoms with van der Waals surface area (Å²) in [6.07, 6.45) is 8.84. The van der Waals surface area contributed by atoms with Gasteiger partial charge in [0, 0.05) is 12.4 Å². The third-order valence-electron chi connectivity index (χ3n) is 5.71. The fourth-order valence-corrected chi connectivity index (χ4v) is 5.61. The summed E-state index contributed by atoms with van der Waals surface area (Å²) < 4.78 is 28.0. The van der Waals surface area contributed by atoms with Crippen molar-refractivity contribution in [2.45, 2.75) is 64.1 Å². The molecule has 4 rings (SSSR count). The molecule has 158 valence electrons. The summed E-state index contributed by atoms with van der Waals surface area (Å²) in [5, 5.41) is -0.0791. The van der Waals surface area contributed by atoms with Crippen LogP contribution in [-0.2, 0) is 22.8 Å². The zero-order valence-electron chi connectivity index (χ0n) is 17.4. The number of pyridine rings is 1. The third kappa shape index (κ3) is 4.59. The van der Waals surface area contributed by atoms with Gasteiger partial charge >= 0.3 is 168 Å². The summed E-state index contributed by atoms with van der Waals surface area (Å²) >= 11 is 2.55. The molecule has 0 amide bonds. The number of hydrogen-bond donors (Lipinski definition) is 0. The van der Waals surface area contributed by atoms with E-state index in [2.05, 4.69) is 43.3 Å². The molecule has 0 atom stereocenters. The first-order valence-corrected chi connectivity index (χ1v) is 13.0. The number of nitrogens with zero attached hydrogens (tertiary/aromatic N) is 5. The van der Waals surface area contributed by atoms with E-state index >= 15 is 0 Å². The predicted molar refractivity (Wildman–Crippen MR) is 117 cm³/mol. The molecule has 7 nitrogen and oxygen atoms in total. The van der Waals surface area contributed by atoms with Gasteiger partial charge in [0.05, 0.1) is 0 Å². The predicted octanol–water partition coefficient (Wildman–Crippen LogP) is 2.23. The zero-order valence-corrected chi connectivity index (χ0v) is 20.1. The van der Waals surface area contributed by atoms with Gasteiger partial charge in [-0.3, -0.25) is 0 Å². The van der Waals surface area contributed by atoms with Gasteiger partial charge in [0.1, 0.15) is 0 Å². The molecule has 0 bridgehead atoms. The van der Waals surface area contributed by atoms with Gasteiger partial charge in [0.25, 0.3) is 0 Å². The van der Waals surface area contributed by atoms with Crippen molar-refractivity contribution in [1.29, 1.82) is 0 Å². The maximum atomic E-state index is 12.4. The summed E-state index contributed by atoms with van der Waals surface area (Å²) in [4.78, 5) is 17.3. The van der Waals surface area contributed by atoms with Crippen LogP contribution >= 0.6 is 0 Å². The third-order valence-corrected chi connectivity index (χ3v) is 7.96. The van der Waals surface area contributed by atoms with Gasteiger partial charge in [-0.15, -0.1) is 0 Å². The molecule has 1 saturated carbocycles. The quantitative estimate of drug-likeness (QED) is 0.261. The normalized spacial score (nSPS) is 14.5. The van der Waals surface area contributed by atoms with Crippen LogP contribution in [0.25, 0.3) is 11.0 Å². The Morgan fingerprint density at radius 3 is 2.53 bits per heavy atom. The van der Waals surface area contributed by atoms with Crippen LogP contribution in [-0.4, -0.2) is 55.5 Å². The van der Waals surface area contributed by atoms with Crippen LogP contribution in [0.1, 0.15) is 49.2 Å². The Labute approximate surface area is 186 Å². The van der Waals surface area contributed by atoms with Crippen LogP contribution < -0.4 is 4.48 Å². The molecule has 1 fully saturated rings. The summed E-state index contributed by atoms with van der Waals surface area (Å²) in [5.74, 6) is 1.97. The van der Waals surface area contributed by atoms with Crippen LogP contribution in [0.3, 0.4) is 0 Å². The summed E-state index contributed by atoms with van der Waals surface area (Å²) in [7, 11) is -3.41. The molecule has 0 aliphatic heterocycles. The number of aromatic nitrogens is 5. The van der Waals surface area contributed by atoms with Gasteiger partial charge in [-0.2, -0.15) is 0 Å². The van der Waals surface area contributed by atoms with Gasteiger partial charge in [0.2, 0.25) is 0 Å². The van der Waals surface area contributed by atoms with Crippen molar-refractivity contribution in [3.63, 3.8) is 0 Å². The van der Waals surface area contributed by atoms with E-state index in [4.69, 9.17) is 4.98 Å². The Morgan fingerprint density at radius 2 is 1.83 bits per heavy atom. The molecule has 0 N–H and O–H groups in total. The summed E-state index contributed by atoms with van der Waals surface area (Å²) in [6, 6.07) is 1.62. The van der Waals surface area contributed by atoms with Crippen LogP contribution in [0.4, 0.5) is 0 Å². The van der Waals surface area contributed by atoms with Crippen molar-refractivity contribution < 1.29 is 8.42 Å². The van der Waals surface area contributed by atoms with Crippen LogP contribution in [0.2, 0.25) is 0 Å². The SMILES string of the molecule is Cc1nc([As])c2nc(CC3CC3)n(CCCCCS(=O)(=O)c3ncccn3)c2c1C. The molecule has 30 heavy (non-hydrogen) atoms. The van der Waals surface area contributed by atoms with E-state index in [9.17, 15) is 8.42 Å². The molecular weight excluding hydrogens is 461 g/mol. The van der Waals surface area contributed by atoms with E-state index in [1.54, 1.807) is 6.07 Å². The molecule has 9 heteroatoms. The summed E-state index contributed by atoms with van der Waals surface area (Å²) in [6.45, 7) is 5.00. The molecule has 0 unspecified atom stereocenters. The second-order valence-electron chi connectivity index (χ2n) is 8.08. The van der Waals surface area contributed by atoms with E-state index in [0.29, 0.717) is 6.42 Å². The standard InChI is InChI=1S/C21H26AsN5O2S/c1-14-15(2)25-20(22)18-19(14)27(17(26-18)13-16-7-8-16)11-4-3-5-12-30(28,29)21-23-9-6-10-24-21/h6,9-10,16H,3-5,7-8,11-13H2,1-2H3. The molecule has 3 heterocycles. The van der Waals surface area contributed by atoms with Crippen molar-refractivity contribution in [2.75, 3.05) is 5.75 Å². The Bertz CT molecular complexity index is 1160. The average Bonchev–Trinajstić information content (AvgIpc) is 3.46. The first kappa shape index (κ1) is 21.4. The fraction of sp³-hybridized carbons (Fsp3) is 0.524. The zero-order chi connectivity index (χ0) is 21.3. The van der Waals surface area contributed by atoms with E-state index in [1.807, 2.05) is 6.92 Å². The minimum absolute atomic E-state index is 0.0786.